The van der Waals surface area contributed by atoms with E-state index in [2.05, 4.69) is 59.2 Å². The molecule has 0 bridgehead atoms. The minimum Gasteiger partial charge on any atom is -0.345 e. The number of nitrogens with one attached hydrogen (secondary N) is 2. The summed E-state index contributed by atoms with van der Waals surface area (Å²) in [6, 6.07) is 0. The third kappa shape index (κ3) is 2.60. The van der Waals surface area contributed by atoms with Crippen molar-refractivity contribution in [3.05, 3.63) is 34.2 Å². The Kier molecular flexibility index (Phi) is 3.91. The smallest absolute Gasteiger partial charge is 0.158 e. The van der Waals surface area contributed by atoms with Gasteiger partial charge in [0.15, 0.2) is 5.65 Å². The van der Waals surface area contributed by atoms with E-state index in [1.165, 1.54) is 64.0 Å². The fourth-order valence-electron chi connectivity index (χ4n) is 5.13. The predicted molar refractivity (Wildman–Crippen MR) is 120 cm³/mol. The van der Waals surface area contributed by atoms with Gasteiger partial charge < -0.3 is 10.3 Å². The molecule has 0 saturated carbocycles. The summed E-state index contributed by atoms with van der Waals surface area (Å²) in [5.41, 5.74) is 8.69. The number of nitrogens with zero attached hydrogens (tertiary/aromatic N) is 5. The molecule has 30 heavy (non-hydrogen) atoms. The van der Waals surface area contributed by atoms with Crippen molar-refractivity contribution in [2.45, 2.75) is 40.2 Å². The van der Waals surface area contributed by atoms with E-state index in [0.717, 1.165) is 17.7 Å². The number of aromatic amines is 1. The average molecular weight is 422 g/mol. The van der Waals surface area contributed by atoms with E-state index in [1.54, 1.807) is 17.7 Å². The Morgan fingerprint density at radius 3 is 2.70 bits per heavy atom. The number of thiazole rings is 1. The first-order valence-corrected chi connectivity index (χ1v) is 11.5. The van der Waals surface area contributed by atoms with Gasteiger partial charge in [-0.3, -0.25) is 4.90 Å². The highest BCUT2D eigenvalue weighted by molar-refractivity contribution is 7.18. The highest BCUT2D eigenvalue weighted by Crippen LogP contribution is 2.40. The van der Waals surface area contributed by atoms with E-state index in [1.807, 2.05) is 4.52 Å². The van der Waals surface area contributed by atoms with Gasteiger partial charge in [-0.25, -0.2) is 14.5 Å². The molecule has 0 aliphatic carbocycles. The molecular formula is C22H27N7S. The van der Waals surface area contributed by atoms with E-state index >= 15 is 0 Å². The maximum absolute atomic E-state index is 5.09. The molecule has 4 aromatic rings. The number of H-pyrrole nitrogens is 1. The van der Waals surface area contributed by atoms with Gasteiger partial charge in [0.1, 0.15) is 21.7 Å². The fraction of sp³-hybridized carbons (Fsp3) is 0.500. The zero-order valence-corrected chi connectivity index (χ0v) is 18.7. The molecule has 2 aliphatic heterocycles. The Morgan fingerprint density at radius 2 is 2.00 bits per heavy atom. The van der Waals surface area contributed by atoms with E-state index in [0.29, 0.717) is 11.3 Å². The number of hydrogen-bond donors (Lipinski definition) is 2. The zero-order chi connectivity index (χ0) is 20.6. The number of aromatic nitrogens is 5. The largest absolute Gasteiger partial charge is 0.345 e. The first-order valence-electron chi connectivity index (χ1n) is 10.7. The van der Waals surface area contributed by atoms with Crippen LogP contribution in [0, 0.1) is 19.3 Å². The average Bonchev–Trinajstić information content (AvgIpc) is 3.32. The molecular weight excluding hydrogens is 394 g/mol. The summed E-state index contributed by atoms with van der Waals surface area (Å²) >= 11 is 1.80. The van der Waals surface area contributed by atoms with Gasteiger partial charge in [0, 0.05) is 48.9 Å². The molecule has 8 heteroatoms. The minimum absolute atomic E-state index is 0.378. The number of rotatable bonds is 4. The van der Waals surface area contributed by atoms with Crippen molar-refractivity contribution in [2.75, 3.05) is 26.2 Å². The lowest BCUT2D eigenvalue weighted by atomic mass is 9.74. The Labute approximate surface area is 179 Å². The lowest BCUT2D eigenvalue weighted by Gasteiger charge is -2.56. The summed E-state index contributed by atoms with van der Waals surface area (Å²) in [5.74, 6) is 0.378. The van der Waals surface area contributed by atoms with Crippen LogP contribution in [0.5, 0.6) is 0 Å². The topological polar surface area (TPSA) is 74.1 Å². The second-order valence-electron chi connectivity index (χ2n) is 9.42. The summed E-state index contributed by atoms with van der Waals surface area (Å²) in [6.07, 6.45) is 3.72. The van der Waals surface area contributed by atoms with E-state index < -0.39 is 0 Å². The van der Waals surface area contributed by atoms with Gasteiger partial charge in [-0.1, -0.05) is 25.2 Å². The molecule has 2 fully saturated rings. The van der Waals surface area contributed by atoms with Gasteiger partial charge in [-0.05, 0) is 30.9 Å². The number of pyridine rings is 1. The predicted octanol–water partition coefficient (Wildman–Crippen LogP) is 3.48. The maximum atomic E-state index is 5.09. The van der Waals surface area contributed by atoms with Gasteiger partial charge in [-0.15, -0.1) is 0 Å². The van der Waals surface area contributed by atoms with Crippen LogP contribution in [0.4, 0.5) is 0 Å². The lowest BCUT2D eigenvalue weighted by Crippen LogP contribution is -2.70. The van der Waals surface area contributed by atoms with Crippen LogP contribution in [0.25, 0.3) is 27.3 Å². The van der Waals surface area contributed by atoms with Crippen molar-refractivity contribution in [3.8, 4) is 11.3 Å². The van der Waals surface area contributed by atoms with Crippen LogP contribution in [-0.4, -0.2) is 55.6 Å². The summed E-state index contributed by atoms with van der Waals surface area (Å²) < 4.78 is 1.88. The minimum atomic E-state index is 0.378. The van der Waals surface area contributed by atoms with Crippen LogP contribution in [-0.2, 0) is 6.54 Å². The number of hydrogen-bond acceptors (Lipinski definition) is 6. The second kappa shape index (κ2) is 6.35. The molecule has 0 amide bonds. The van der Waals surface area contributed by atoms with Crippen molar-refractivity contribution >= 4 is 27.3 Å². The summed E-state index contributed by atoms with van der Waals surface area (Å²) in [4.78, 5) is 16.9. The molecule has 7 nitrogen and oxygen atoms in total. The molecule has 2 aliphatic rings. The molecule has 2 saturated heterocycles. The molecule has 0 radical (unpaired) electrons. The van der Waals surface area contributed by atoms with Crippen molar-refractivity contribution in [2.24, 2.45) is 5.41 Å². The Hall–Kier alpha value is -2.29. The second-order valence-corrected chi connectivity index (χ2v) is 10.5. The van der Waals surface area contributed by atoms with Gasteiger partial charge in [-0.2, -0.15) is 5.10 Å². The Balaban J connectivity index is 1.39. The highest BCUT2D eigenvalue weighted by atomic mass is 32.1. The normalized spacial score (nSPS) is 18.6. The molecule has 0 atom stereocenters. The highest BCUT2D eigenvalue weighted by Gasteiger charge is 2.47. The van der Waals surface area contributed by atoms with Crippen LogP contribution in [0.1, 0.15) is 41.5 Å². The van der Waals surface area contributed by atoms with Gasteiger partial charge >= 0.3 is 0 Å². The molecule has 6 heterocycles. The third-order valence-electron chi connectivity index (χ3n) is 6.88. The van der Waals surface area contributed by atoms with E-state index in [9.17, 15) is 0 Å². The van der Waals surface area contributed by atoms with E-state index in [4.69, 9.17) is 4.98 Å². The molecule has 6 rings (SSSR count). The van der Waals surface area contributed by atoms with Crippen molar-refractivity contribution in [1.82, 2.24) is 34.8 Å². The Bertz CT molecular complexity index is 1270. The number of fused-ring (bicyclic) bond motifs is 2. The van der Waals surface area contributed by atoms with Gasteiger partial charge in [0.2, 0.25) is 0 Å². The Morgan fingerprint density at radius 1 is 1.20 bits per heavy atom. The first kappa shape index (κ1) is 18.5. The number of aryl methyl sites for hydroxylation is 1. The van der Waals surface area contributed by atoms with Crippen LogP contribution in [0.2, 0.25) is 0 Å². The van der Waals surface area contributed by atoms with Crippen LogP contribution in [0.3, 0.4) is 0 Å². The van der Waals surface area contributed by atoms with Gasteiger partial charge in [0.05, 0.1) is 12.2 Å². The number of likely N-dealkylation sites (tertiary alicyclic amines) is 1. The fourth-order valence-corrected chi connectivity index (χ4v) is 6.16. The quantitative estimate of drug-likeness (QED) is 0.528. The van der Waals surface area contributed by atoms with Crippen LogP contribution >= 0.6 is 11.3 Å². The third-order valence-corrected chi connectivity index (χ3v) is 7.84. The van der Waals surface area contributed by atoms with Crippen molar-refractivity contribution in [1.29, 1.82) is 0 Å². The lowest BCUT2D eigenvalue weighted by molar-refractivity contribution is -0.0444. The van der Waals surface area contributed by atoms with Crippen LogP contribution < -0.4 is 5.32 Å². The summed E-state index contributed by atoms with van der Waals surface area (Å²) in [7, 11) is 0. The summed E-state index contributed by atoms with van der Waals surface area (Å²) in [6.45, 7) is 14.5. The summed E-state index contributed by atoms with van der Waals surface area (Å²) in [5, 5.41) is 9.00. The monoisotopic (exact) mass is 421 g/mol. The van der Waals surface area contributed by atoms with E-state index in [-0.39, 0.29) is 0 Å². The molecule has 4 aromatic heterocycles. The molecule has 0 aromatic carbocycles. The maximum Gasteiger partial charge on any atom is 0.158 e. The molecule has 0 unspecified atom stereocenters. The zero-order valence-electron chi connectivity index (χ0n) is 17.9. The first-order chi connectivity index (χ1) is 14.4. The SMILES string of the molecule is Cc1c(-c2[nH]c3sc(CN4CC5(CNC5)C4)nc3c2C(C)C)cn2ncnc2c1C. The molecule has 1 spiro atoms. The van der Waals surface area contributed by atoms with Crippen LogP contribution in [0.15, 0.2) is 12.5 Å². The van der Waals surface area contributed by atoms with Crippen molar-refractivity contribution in [3.63, 3.8) is 0 Å². The van der Waals surface area contributed by atoms with Gasteiger partial charge in [0.25, 0.3) is 0 Å². The van der Waals surface area contributed by atoms with Crippen molar-refractivity contribution < 1.29 is 0 Å². The standard InChI is InChI=1S/C22H27N7S/c1-12(2)17-18(15-5-29-20(24-11-25-29)14(4)13(15)3)27-21-19(17)26-16(30-21)6-28-9-22(10-28)7-23-8-22/h5,11-12,23,27H,6-10H2,1-4H3. The molecule has 2 N–H and O–H groups in total. The molecule has 156 valence electrons.